The highest BCUT2D eigenvalue weighted by atomic mass is 79.9. The number of thiophene rings is 1. The standard InChI is InChI=1S/C8H5BrClNO3S2/c9-5-1-8(15-3-5)7-2-6(11-14-7)4-16(10,12)13/h1-3H,4H2. The third kappa shape index (κ3) is 3.07. The Kier molecular flexibility index (Phi) is 3.39. The molecule has 2 aromatic rings. The van der Waals surface area contributed by atoms with Gasteiger partial charge in [-0.2, -0.15) is 0 Å². The Morgan fingerprint density at radius 2 is 2.25 bits per heavy atom. The van der Waals surface area contributed by atoms with Crippen molar-refractivity contribution in [1.82, 2.24) is 5.16 Å². The van der Waals surface area contributed by atoms with E-state index in [2.05, 4.69) is 21.1 Å². The van der Waals surface area contributed by atoms with E-state index in [1.807, 2.05) is 11.4 Å². The number of hydrogen-bond donors (Lipinski definition) is 0. The Bertz CT molecular complexity index is 604. The molecule has 2 aromatic heterocycles. The highest BCUT2D eigenvalue weighted by molar-refractivity contribution is 9.10. The normalized spacial score (nSPS) is 11.9. The first-order chi connectivity index (χ1) is 7.44. The van der Waals surface area contributed by atoms with E-state index in [9.17, 15) is 8.42 Å². The van der Waals surface area contributed by atoms with E-state index in [0.717, 1.165) is 9.35 Å². The van der Waals surface area contributed by atoms with Crippen LogP contribution in [0, 0.1) is 0 Å². The Morgan fingerprint density at radius 3 is 2.81 bits per heavy atom. The van der Waals surface area contributed by atoms with E-state index in [4.69, 9.17) is 15.2 Å². The van der Waals surface area contributed by atoms with Crippen molar-refractivity contribution in [3.63, 3.8) is 0 Å². The van der Waals surface area contributed by atoms with Crippen LogP contribution >= 0.6 is 37.9 Å². The first-order valence-corrected chi connectivity index (χ1v) is 8.21. The zero-order chi connectivity index (χ0) is 11.8. The predicted molar refractivity (Wildman–Crippen MR) is 66.0 cm³/mol. The summed E-state index contributed by atoms with van der Waals surface area (Å²) in [6.45, 7) is 0. The van der Waals surface area contributed by atoms with Crippen molar-refractivity contribution < 1.29 is 12.9 Å². The van der Waals surface area contributed by atoms with Crippen LogP contribution in [-0.4, -0.2) is 13.6 Å². The van der Waals surface area contributed by atoms with Crippen molar-refractivity contribution in [2.75, 3.05) is 0 Å². The van der Waals surface area contributed by atoms with E-state index in [0.29, 0.717) is 11.5 Å². The van der Waals surface area contributed by atoms with Crippen molar-refractivity contribution in [3.05, 3.63) is 27.7 Å². The van der Waals surface area contributed by atoms with Gasteiger partial charge in [0.05, 0.1) is 4.88 Å². The molecule has 8 heteroatoms. The number of nitrogens with zero attached hydrogens (tertiary/aromatic N) is 1. The summed E-state index contributed by atoms with van der Waals surface area (Å²) in [5.74, 6) is 0.205. The fourth-order valence-corrected chi connectivity index (χ4v) is 3.32. The third-order valence-corrected chi connectivity index (χ3v) is 4.36. The minimum atomic E-state index is -3.60. The maximum atomic E-state index is 10.8. The molecule has 0 N–H and O–H groups in total. The molecule has 86 valence electrons. The fraction of sp³-hybridized carbons (Fsp3) is 0.125. The quantitative estimate of drug-likeness (QED) is 0.804. The topological polar surface area (TPSA) is 60.2 Å². The maximum Gasteiger partial charge on any atom is 0.238 e. The van der Waals surface area contributed by atoms with Crippen LogP contribution in [-0.2, 0) is 14.8 Å². The largest absolute Gasteiger partial charge is 0.355 e. The molecule has 0 radical (unpaired) electrons. The van der Waals surface area contributed by atoms with Gasteiger partial charge in [0.2, 0.25) is 9.05 Å². The highest BCUT2D eigenvalue weighted by Gasteiger charge is 2.14. The van der Waals surface area contributed by atoms with Gasteiger partial charge in [-0.05, 0) is 22.0 Å². The summed E-state index contributed by atoms with van der Waals surface area (Å²) >= 11 is 4.79. The molecule has 0 aliphatic carbocycles. The zero-order valence-corrected chi connectivity index (χ0v) is 11.7. The number of rotatable bonds is 3. The van der Waals surface area contributed by atoms with Crippen molar-refractivity contribution in [2.45, 2.75) is 5.75 Å². The average Bonchev–Trinajstić information content (AvgIpc) is 2.71. The molecule has 0 saturated heterocycles. The van der Waals surface area contributed by atoms with Gasteiger partial charge in [0.25, 0.3) is 0 Å². The molecule has 16 heavy (non-hydrogen) atoms. The molecule has 2 rings (SSSR count). The number of hydrogen-bond acceptors (Lipinski definition) is 5. The SMILES string of the molecule is O=S(=O)(Cl)Cc1cc(-c2cc(Br)cs2)on1. The molecule has 0 aliphatic heterocycles. The Labute approximate surface area is 109 Å². The smallest absolute Gasteiger partial charge is 0.238 e. The lowest BCUT2D eigenvalue weighted by Gasteiger charge is -1.86. The van der Waals surface area contributed by atoms with E-state index < -0.39 is 9.05 Å². The first kappa shape index (κ1) is 12.1. The van der Waals surface area contributed by atoms with Crippen LogP contribution in [0.1, 0.15) is 5.69 Å². The minimum absolute atomic E-state index is 0.300. The lowest BCUT2D eigenvalue weighted by atomic mass is 10.3. The molecule has 0 amide bonds. The van der Waals surface area contributed by atoms with Gasteiger partial charge < -0.3 is 4.52 Å². The van der Waals surface area contributed by atoms with E-state index in [1.54, 1.807) is 6.07 Å². The molecule has 4 nitrogen and oxygen atoms in total. The van der Waals surface area contributed by atoms with Gasteiger partial charge in [-0.3, -0.25) is 0 Å². The Morgan fingerprint density at radius 1 is 1.50 bits per heavy atom. The monoisotopic (exact) mass is 341 g/mol. The molecule has 0 atom stereocenters. The maximum absolute atomic E-state index is 10.8. The van der Waals surface area contributed by atoms with E-state index in [1.165, 1.54) is 11.3 Å². The summed E-state index contributed by atoms with van der Waals surface area (Å²) in [4.78, 5) is 0.873. The summed E-state index contributed by atoms with van der Waals surface area (Å²) in [5, 5.41) is 5.54. The first-order valence-electron chi connectivity index (χ1n) is 4.06. The molecule has 2 heterocycles. The third-order valence-electron chi connectivity index (χ3n) is 1.69. The predicted octanol–water partition coefficient (Wildman–Crippen LogP) is 3.23. The second-order valence-electron chi connectivity index (χ2n) is 2.99. The second kappa shape index (κ2) is 4.48. The van der Waals surface area contributed by atoms with Crippen molar-refractivity contribution >= 4 is 47.0 Å². The van der Waals surface area contributed by atoms with Crippen LogP contribution in [0.5, 0.6) is 0 Å². The van der Waals surface area contributed by atoms with E-state index in [-0.39, 0.29) is 5.75 Å². The highest BCUT2D eigenvalue weighted by Crippen LogP contribution is 2.30. The number of aromatic nitrogens is 1. The Hall–Kier alpha value is -0.370. The van der Waals surface area contributed by atoms with Crippen LogP contribution in [0.15, 0.2) is 26.5 Å². The van der Waals surface area contributed by atoms with Gasteiger partial charge in [-0.25, -0.2) is 8.42 Å². The molecular weight excluding hydrogens is 338 g/mol. The van der Waals surface area contributed by atoms with Gasteiger partial charge in [0, 0.05) is 26.6 Å². The molecule has 0 spiro atoms. The van der Waals surface area contributed by atoms with Gasteiger partial charge >= 0.3 is 0 Å². The van der Waals surface area contributed by atoms with Gasteiger partial charge in [-0.15, -0.1) is 11.3 Å². The molecule has 0 fully saturated rings. The molecule has 0 unspecified atom stereocenters. The summed E-state index contributed by atoms with van der Waals surface area (Å²) in [7, 11) is 1.52. The summed E-state index contributed by atoms with van der Waals surface area (Å²) < 4.78 is 27.6. The van der Waals surface area contributed by atoms with Gasteiger partial charge in [0.15, 0.2) is 5.76 Å². The van der Waals surface area contributed by atoms with Crippen LogP contribution in [0.4, 0.5) is 0 Å². The summed E-state index contributed by atoms with van der Waals surface area (Å²) in [5.41, 5.74) is 0.300. The van der Waals surface area contributed by atoms with E-state index >= 15 is 0 Å². The van der Waals surface area contributed by atoms with Crippen LogP contribution in [0.2, 0.25) is 0 Å². The van der Waals surface area contributed by atoms with Crippen molar-refractivity contribution in [3.8, 4) is 10.6 Å². The minimum Gasteiger partial charge on any atom is -0.355 e. The second-order valence-corrected chi connectivity index (χ2v) is 7.60. The van der Waals surface area contributed by atoms with Gasteiger partial charge in [0.1, 0.15) is 11.4 Å². The summed E-state index contributed by atoms with van der Waals surface area (Å²) in [6.07, 6.45) is 0. The van der Waals surface area contributed by atoms with Crippen LogP contribution in [0.3, 0.4) is 0 Å². The molecule has 0 aliphatic rings. The van der Waals surface area contributed by atoms with Gasteiger partial charge in [-0.1, -0.05) is 5.16 Å². The van der Waals surface area contributed by atoms with Crippen molar-refractivity contribution in [1.29, 1.82) is 0 Å². The fourth-order valence-electron chi connectivity index (χ4n) is 1.11. The lowest BCUT2D eigenvalue weighted by Crippen LogP contribution is -1.94. The summed E-state index contributed by atoms with van der Waals surface area (Å²) in [6, 6.07) is 3.43. The molecule has 0 saturated carbocycles. The lowest BCUT2D eigenvalue weighted by molar-refractivity contribution is 0.426. The van der Waals surface area contributed by atoms with Crippen LogP contribution in [0.25, 0.3) is 10.6 Å². The Balaban J connectivity index is 2.26. The molecule has 0 bridgehead atoms. The zero-order valence-electron chi connectivity index (χ0n) is 7.68. The average molecular weight is 343 g/mol. The number of halogens is 2. The molecule has 0 aromatic carbocycles. The molecular formula is C8H5BrClNO3S2. The van der Waals surface area contributed by atoms with Crippen LogP contribution < -0.4 is 0 Å². The van der Waals surface area contributed by atoms with Crippen molar-refractivity contribution in [2.24, 2.45) is 0 Å².